The van der Waals surface area contributed by atoms with Crippen molar-refractivity contribution in [1.29, 1.82) is 0 Å². The van der Waals surface area contributed by atoms with E-state index in [2.05, 4.69) is 5.32 Å². The molecule has 2 nitrogen and oxygen atoms in total. The molecule has 4 heteroatoms. The second kappa shape index (κ2) is 5.76. The summed E-state index contributed by atoms with van der Waals surface area (Å²) in [6.45, 7) is 2.35. The molecule has 0 aromatic heterocycles. The molecule has 1 fully saturated rings. The first kappa shape index (κ1) is 13.4. The molecule has 1 N–H and O–H groups in total. The molecule has 0 unspecified atom stereocenters. The average Bonchev–Trinajstić information content (AvgIpc) is 2.35. The predicted molar refractivity (Wildman–Crippen MR) is 66.5 cm³/mol. The molecule has 18 heavy (non-hydrogen) atoms. The van der Waals surface area contributed by atoms with Crippen molar-refractivity contribution >= 4 is 0 Å². The lowest BCUT2D eigenvalue weighted by Crippen LogP contribution is -2.39. The lowest BCUT2D eigenvalue weighted by molar-refractivity contribution is 0.0158. The van der Waals surface area contributed by atoms with E-state index in [-0.39, 0.29) is 5.41 Å². The lowest BCUT2D eigenvalue weighted by atomic mass is 9.75. The molecular formula is C14H19F2NO. The normalized spacial score (nSPS) is 18.8. The topological polar surface area (TPSA) is 21.3 Å². The number of rotatable bonds is 4. The highest BCUT2D eigenvalue weighted by molar-refractivity contribution is 5.19. The van der Waals surface area contributed by atoms with E-state index in [1.165, 1.54) is 12.1 Å². The molecule has 1 aliphatic rings. The standard InChI is InChI=1S/C14H19F2NO/c1-17-10-14(4-6-18-7-5-14)9-11-2-3-12(15)13(16)8-11/h2-3,8,17H,4-7,9-10H2,1H3. The van der Waals surface area contributed by atoms with Gasteiger partial charge in [-0.1, -0.05) is 6.07 Å². The fraction of sp³-hybridized carbons (Fsp3) is 0.571. The van der Waals surface area contributed by atoms with Gasteiger partial charge in [0.05, 0.1) is 0 Å². The van der Waals surface area contributed by atoms with E-state index in [1.807, 2.05) is 7.05 Å². The molecule has 0 spiro atoms. The molecule has 1 heterocycles. The van der Waals surface area contributed by atoms with Crippen LogP contribution in [0, 0.1) is 17.0 Å². The summed E-state index contributed by atoms with van der Waals surface area (Å²) in [5.74, 6) is -1.55. The highest BCUT2D eigenvalue weighted by Gasteiger charge is 2.32. The fourth-order valence-electron chi connectivity index (χ4n) is 2.68. The van der Waals surface area contributed by atoms with Crippen LogP contribution in [-0.4, -0.2) is 26.8 Å². The molecule has 1 saturated heterocycles. The molecule has 1 aromatic carbocycles. The first-order valence-electron chi connectivity index (χ1n) is 6.31. The molecular weight excluding hydrogens is 236 g/mol. The number of halogens is 2. The third-order valence-electron chi connectivity index (χ3n) is 3.67. The Balaban J connectivity index is 2.14. The van der Waals surface area contributed by atoms with E-state index in [4.69, 9.17) is 4.74 Å². The molecule has 1 aromatic rings. The van der Waals surface area contributed by atoms with Gasteiger partial charge in [-0.15, -0.1) is 0 Å². The van der Waals surface area contributed by atoms with Crippen LogP contribution in [0.5, 0.6) is 0 Å². The summed E-state index contributed by atoms with van der Waals surface area (Å²) in [4.78, 5) is 0. The zero-order valence-corrected chi connectivity index (χ0v) is 10.6. The molecule has 0 amide bonds. The molecule has 0 saturated carbocycles. The summed E-state index contributed by atoms with van der Waals surface area (Å²) in [6.07, 6.45) is 2.66. The van der Waals surface area contributed by atoms with E-state index < -0.39 is 11.6 Å². The fourth-order valence-corrected chi connectivity index (χ4v) is 2.68. The molecule has 2 rings (SSSR count). The summed E-state index contributed by atoms with van der Waals surface area (Å²) < 4.78 is 31.5. The first-order chi connectivity index (χ1) is 8.65. The van der Waals surface area contributed by atoms with Crippen LogP contribution in [0.4, 0.5) is 8.78 Å². The Morgan fingerprint density at radius 3 is 2.56 bits per heavy atom. The van der Waals surface area contributed by atoms with Crippen LogP contribution in [0.3, 0.4) is 0 Å². The van der Waals surface area contributed by atoms with Gasteiger partial charge in [0.25, 0.3) is 0 Å². The summed E-state index contributed by atoms with van der Waals surface area (Å²) in [6, 6.07) is 4.19. The van der Waals surface area contributed by atoms with Gasteiger partial charge in [-0.3, -0.25) is 0 Å². The van der Waals surface area contributed by atoms with Gasteiger partial charge in [0.2, 0.25) is 0 Å². The number of hydrogen-bond donors (Lipinski definition) is 1. The maximum Gasteiger partial charge on any atom is 0.159 e. The molecule has 0 aliphatic carbocycles. The van der Waals surface area contributed by atoms with Crippen molar-refractivity contribution in [1.82, 2.24) is 5.32 Å². The third kappa shape index (κ3) is 3.06. The zero-order chi connectivity index (χ0) is 13.0. The Morgan fingerprint density at radius 2 is 1.94 bits per heavy atom. The highest BCUT2D eigenvalue weighted by atomic mass is 19.2. The number of ether oxygens (including phenoxy) is 1. The minimum atomic E-state index is -0.784. The monoisotopic (exact) mass is 255 g/mol. The van der Waals surface area contributed by atoms with Crippen molar-refractivity contribution in [2.24, 2.45) is 5.41 Å². The largest absolute Gasteiger partial charge is 0.381 e. The summed E-state index contributed by atoms with van der Waals surface area (Å²) >= 11 is 0. The van der Waals surface area contributed by atoms with E-state index in [1.54, 1.807) is 6.07 Å². The van der Waals surface area contributed by atoms with Gasteiger partial charge in [0, 0.05) is 19.8 Å². The van der Waals surface area contributed by atoms with Crippen LogP contribution in [0.2, 0.25) is 0 Å². The van der Waals surface area contributed by atoms with Gasteiger partial charge in [-0.05, 0) is 49.4 Å². The zero-order valence-electron chi connectivity index (χ0n) is 10.6. The van der Waals surface area contributed by atoms with Crippen molar-refractivity contribution in [2.75, 3.05) is 26.8 Å². The van der Waals surface area contributed by atoms with Gasteiger partial charge in [0.15, 0.2) is 11.6 Å². The summed E-state index contributed by atoms with van der Waals surface area (Å²) in [5.41, 5.74) is 0.947. The van der Waals surface area contributed by atoms with E-state index in [9.17, 15) is 8.78 Å². The number of hydrogen-bond acceptors (Lipinski definition) is 2. The van der Waals surface area contributed by atoms with E-state index in [0.29, 0.717) is 0 Å². The number of nitrogens with one attached hydrogen (secondary N) is 1. The van der Waals surface area contributed by atoms with Crippen molar-refractivity contribution in [3.63, 3.8) is 0 Å². The molecule has 0 bridgehead atoms. The Kier molecular flexibility index (Phi) is 4.30. The minimum absolute atomic E-state index is 0.0945. The van der Waals surface area contributed by atoms with Crippen molar-refractivity contribution in [3.8, 4) is 0 Å². The number of benzene rings is 1. The van der Waals surface area contributed by atoms with Gasteiger partial charge in [0.1, 0.15) is 0 Å². The molecule has 1 aliphatic heterocycles. The second-order valence-electron chi connectivity index (χ2n) is 5.07. The van der Waals surface area contributed by atoms with Crippen LogP contribution in [0.25, 0.3) is 0 Å². The molecule has 0 radical (unpaired) electrons. The van der Waals surface area contributed by atoms with Crippen molar-refractivity contribution in [2.45, 2.75) is 19.3 Å². The molecule has 100 valence electrons. The predicted octanol–water partition coefficient (Wildman–Crippen LogP) is 2.52. The Hall–Kier alpha value is -1.00. The van der Waals surface area contributed by atoms with Gasteiger partial charge in [-0.25, -0.2) is 8.78 Å². The van der Waals surface area contributed by atoms with Gasteiger partial charge >= 0.3 is 0 Å². The van der Waals surface area contributed by atoms with Gasteiger partial charge in [-0.2, -0.15) is 0 Å². The van der Waals surface area contributed by atoms with Crippen molar-refractivity contribution in [3.05, 3.63) is 35.4 Å². The lowest BCUT2D eigenvalue weighted by Gasteiger charge is -2.37. The van der Waals surface area contributed by atoms with Crippen molar-refractivity contribution < 1.29 is 13.5 Å². The minimum Gasteiger partial charge on any atom is -0.381 e. The summed E-state index contributed by atoms with van der Waals surface area (Å²) in [7, 11) is 1.92. The summed E-state index contributed by atoms with van der Waals surface area (Å²) in [5, 5.41) is 3.20. The average molecular weight is 255 g/mol. The second-order valence-corrected chi connectivity index (χ2v) is 5.07. The van der Waals surface area contributed by atoms with Crippen LogP contribution in [-0.2, 0) is 11.2 Å². The third-order valence-corrected chi connectivity index (χ3v) is 3.67. The maximum absolute atomic E-state index is 13.2. The quantitative estimate of drug-likeness (QED) is 0.892. The SMILES string of the molecule is CNCC1(Cc2ccc(F)c(F)c2)CCOCC1. The van der Waals surface area contributed by atoms with E-state index in [0.717, 1.165) is 44.6 Å². The van der Waals surface area contributed by atoms with E-state index >= 15 is 0 Å². The van der Waals surface area contributed by atoms with Gasteiger partial charge < -0.3 is 10.1 Å². The van der Waals surface area contributed by atoms with Crippen LogP contribution in [0.1, 0.15) is 18.4 Å². The highest BCUT2D eigenvalue weighted by Crippen LogP contribution is 2.34. The van der Waals surface area contributed by atoms with Crippen LogP contribution >= 0.6 is 0 Å². The smallest absolute Gasteiger partial charge is 0.159 e. The Labute approximate surface area is 106 Å². The Morgan fingerprint density at radius 1 is 1.22 bits per heavy atom. The first-order valence-corrected chi connectivity index (χ1v) is 6.31. The maximum atomic E-state index is 13.2. The van der Waals surface area contributed by atoms with Crippen LogP contribution in [0.15, 0.2) is 18.2 Å². The molecule has 0 atom stereocenters. The Bertz CT molecular complexity index is 397. The van der Waals surface area contributed by atoms with Crippen LogP contribution < -0.4 is 5.32 Å².